The molecular weight excluding hydrogens is 260 g/mol. The van der Waals surface area contributed by atoms with Crippen molar-refractivity contribution in [1.82, 2.24) is 4.90 Å². The zero-order chi connectivity index (χ0) is 15.5. The molecule has 1 fully saturated rings. The van der Waals surface area contributed by atoms with E-state index in [0.717, 1.165) is 0 Å². The molecule has 0 aliphatic heterocycles. The van der Waals surface area contributed by atoms with E-state index >= 15 is 0 Å². The van der Waals surface area contributed by atoms with Crippen molar-refractivity contribution in [2.24, 2.45) is 5.41 Å². The Balaban J connectivity index is 1.99. The zero-order valence-corrected chi connectivity index (χ0v) is 13.8. The lowest BCUT2D eigenvalue weighted by Crippen LogP contribution is -2.31. The number of nitrogens with one attached hydrogen (secondary N) is 1. The van der Waals surface area contributed by atoms with Crippen molar-refractivity contribution in [1.29, 1.82) is 0 Å². The summed E-state index contributed by atoms with van der Waals surface area (Å²) in [5, 5.41) is 3.68. The second-order valence-corrected chi connectivity index (χ2v) is 7.18. The van der Waals surface area contributed by atoms with Crippen molar-refractivity contribution in [3.63, 3.8) is 0 Å². The molecule has 0 spiro atoms. The molecule has 3 heteroatoms. The van der Waals surface area contributed by atoms with Gasteiger partial charge < -0.3 is 10.2 Å². The molecule has 3 nitrogen and oxygen atoms in total. The molecule has 2 rings (SSSR count). The number of amides is 1. The minimum Gasteiger partial charge on any atom is -0.382 e. The van der Waals surface area contributed by atoms with Crippen molar-refractivity contribution in [2.75, 3.05) is 12.4 Å². The van der Waals surface area contributed by atoms with E-state index in [0.29, 0.717) is 18.0 Å². The summed E-state index contributed by atoms with van der Waals surface area (Å²) in [5.74, 6) is 0.0994. The van der Waals surface area contributed by atoms with Crippen LogP contribution in [0.25, 0.3) is 0 Å². The molecule has 1 atom stereocenters. The van der Waals surface area contributed by atoms with Gasteiger partial charge in [-0.2, -0.15) is 0 Å². The van der Waals surface area contributed by atoms with Crippen molar-refractivity contribution in [2.45, 2.75) is 59.0 Å². The minimum absolute atomic E-state index is 0.0994. The van der Waals surface area contributed by atoms with Crippen LogP contribution in [0.5, 0.6) is 0 Å². The molecule has 0 bridgehead atoms. The molecule has 1 amide bonds. The lowest BCUT2D eigenvalue weighted by Gasteiger charge is -2.36. The summed E-state index contributed by atoms with van der Waals surface area (Å²) in [6.07, 6.45) is 5.11. The molecule has 1 aliphatic rings. The largest absolute Gasteiger partial charge is 0.382 e. The van der Waals surface area contributed by atoms with Crippen molar-refractivity contribution in [3.05, 3.63) is 29.8 Å². The van der Waals surface area contributed by atoms with Gasteiger partial charge in [0.25, 0.3) is 0 Å². The third-order valence-electron chi connectivity index (χ3n) is 4.46. The van der Waals surface area contributed by atoms with Gasteiger partial charge in [0.05, 0.1) is 0 Å². The van der Waals surface area contributed by atoms with Crippen LogP contribution in [0.1, 0.15) is 52.0 Å². The van der Waals surface area contributed by atoms with Gasteiger partial charge in [-0.25, -0.2) is 0 Å². The normalized spacial score (nSPS) is 20.9. The molecule has 0 radical (unpaired) electrons. The summed E-state index contributed by atoms with van der Waals surface area (Å²) in [6.45, 7) is 6.99. The molecule has 1 unspecified atom stereocenters. The number of hydrogen-bond acceptors (Lipinski definition) is 2. The first-order valence-electron chi connectivity index (χ1n) is 7.93. The number of nitrogens with zero attached hydrogens (tertiary/aromatic N) is 1. The summed E-state index contributed by atoms with van der Waals surface area (Å²) in [4.78, 5) is 13.1. The van der Waals surface area contributed by atoms with Gasteiger partial charge in [0.2, 0.25) is 5.91 Å². The fourth-order valence-electron chi connectivity index (χ4n) is 3.20. The fourth-order valence-corrected chi connectivity index (χ4v) is 3.20. The van der Waals surface area contributed by atoms with Crippen LogP contribution in [0, 0.1) is 5.41 Å². The van der Waals surface area contributed by atoms with Gasteiger partial charge in [-0.1, -0.05) is 32.4 Å². The predicted octanol–water partition coefficient (Wildman–Crippen LogP) is 4.05. The third-order valence-corrected chi connectivity index (χ3v) is 4.46. The highest BCUT2D eigenvalue weighted by molar-refractivity contribution is 5.72. The summed E-state index contributed by atoms with van der Waals surface area (Å²) in [6, 6.07) is 9.00. The molecule has 116 valence electrons. The van der Waals surface area contributed by atoms with E-state index in [1.54, 1.807) is 11.8 Å². The number of carbonyl (C=O) groups is 1. The van der Waals surface area contributed by atoms with Crippen LogP contribution >= 0.6 is 0 Å². The smallest absolute Gasteiger partial charge is 0.219 e. The highest BCUT2D eigenvalue weighted by atomic mass is 16.2. The average molecular weight is 288 g/mol. The van der Waals surface area contributed by atoms with Crippen molar-refractivity contribution < 1.29 is 4.79 Å². The van der Waals surface area contributed by atoms with E-state index in [1.807, 2.05) is 7.05 Å². The number of benzene rings is 1. The predicted molar refractivity (Wildman–Crippen MR) is 88.2 cm³/mol. The minimum atomic E-state index is 0.0994. The molecule has 1 N–H and O–H groups in total. The van der Waals surface area contributed by atoms with E-state index in [-0.39, 0.29) is 5.91 Å². The fraction of sp³-hybridized carbons (Fsp3) is 0.611. The number of hydrogen-bond donors (Lipinski definition) is 1. The second-order valence-electron chi connectivity index (χ2n) is 7.18. The molecule has 1 aromatic rings. The summed E-state index contributed by atoms with van der Waals surface area (Å²) in [7, 11) is 1.84. The first kappa shape index (κ1) is 15.9. The van der Waals surface area contributed by atoms with Gasteiger partial charge >= 0.3 is 0 Å². The molecule has 21 heavy (non-hydrogen) atoms. The van der Waals surface area contributed by atoms with E-state index in [4.69, 9.17) is 0 Å². The number of carbonyl (C=O) groups excluding carboxylic acids is 1. The Morgan fingerprint density at radius 2 is 2.19 bits per heavy atom. The Morgan fingerprint density at radius 1 is 1.43 bits per heavy atom. The topological polar surface area (TPSA) is 32.3 Å². The summed E-state index contributed by atoms with van der Waals surface area (Å²) in [5.41, 5.74) is 2.79. The summed E-state index contributed by atoms with van der Waals surface area (Å²) >= 11 is 0. The van der Waals surface area contributed by atoms with Gasteiger partial charge in [-0.15, -0.1) is 0 Å². The first-order chi connectivity index (χ1) is 9.85. The Labute approximate surface area is 128 Å². The monoisotopic (exact) mass is 288 g/mol. The summed E-state index contributed by atoms with van der Waals surface area (Å²) < 4.78 is 0. The van der Waals surface area contributed by atoms with Gasteiger partial charge in [0.1, 0.15) is 0 Å². The van der Waals surface area contributed by atoms with Crippen LogP contribution in [0.15, 0.2) is 24.3 Å². The molecule has 0 heterocycles. The molecular formula is C18H28N2O. The quantitative estimate of drug-likeness (QED) is 0.906. The lowest BCUT2D eigenvalue weighted by molar-refractivity contribution is -0.128. The maximum Gasteiger partial charge on any atom is 0.219 e. The van der Waals surface area contributed by atoms with E-state index in [2.05, 4.69) is 43.4 Å². The SMILES string of the molecule is CC(=O)N(C)Cc1cccc(NC2CCCC(C)(C)C2)c1. The number of anilines is 1. The Bertz CT molecular complexity index is 496. The highest BCUT2D eigenvalue weighted by Crippen LogP contribution is 2.36. The Hall–Kier alpha value is -1.51. The number of rotatable bonds is 4. The third kappa shape index (κ3) is 4.76. The maximum absolute atomic E-state index is 11.3. The maximum atomic E-state index is 11.3. The standard InChI is InChI=1S/C18H28N2O/c1-14(21)20(4)13-15-7-5-8-16(11-15)19-17-9-6-10-18(2,3)12-17/h5,7-8,11,17,19H,6,9-10,12-13H2,1-4H3. The van der Waals surface area contributed by atoms with Crippen LogP contribution in [0.2, 0.25) is 0 Å². The first-order valence-corrected chi connectivity index (χ1v) is 7.93. The van der Waals surface area contributed by atoms with Gasteiger partial charge in [-0.05, 0) is 42.4 Å². The Kier molecular flexibility index (Phi) is 4.92. The Morgan fingerprint density at radius 3 is 2.86 bits per heavy atom. The molecule has 1 aromatic carbocycles. The molecule has 1 saturated carbocycles. The lowest BCUT2D eigenvalue weighted by atomic mass is 9.75. The zero-order valence-electron chi connectivity index (χ0n) is 13.8. The van der Waals surface area contributed by atoms with Crippen LogP contribution < -0.4 is 5.32 Å². The molecule has 0 saturated heterocycles. The van der Waals surface area contributed by atoms with Crippen LogP contribution in [-0.4, -0.2) is 23.9 Å². The average Bonchev–Trinajstić information content (AvgIpc) is 2.37. The van der Waals surface area contributed by atoms with E-state index in [1.165, 1.54) is 36.9 Å². The molecule has 1 aliphatic carbocycles. The van der Waals surface area contributed by atoms with Crippen molar-refractivity contribution in [3.8, 4) is 0 Å². The van der Waals surface area contributed by atoms with Crippen molar-refractivity contribution >= 4 is 11.6 Å². The van der Waals surface area contributed by atoms with Gasteiger partial charge in [-0.3, -0.25) is 4.79 Å². The molecule has 0 aromatic heterocycles. The second kappa shape index (κ2) is 6.50. The van der Waals surface area contributed by atoms with Crippen LogP contribution in [0.3, 0.4) is 0 Å². The van der Waals surface area contributed by atoms with Crippen LogP contribution in [-0.2, 0) is 11.3 Å². The van der Waals surface area contributed by atoms with Gasteiger partial charge in [0.15, 0.2) is 0 Å². The van der Waals surface area contributed by atoms with E-state index in [9.17, 15) is 4.79 Å². The highest BCUT2D eigenvalue weighted by Gasteiger charge is 2.27. The van der Waals surface area contributed by atoms with E-state index < -0.39 is 0 Å². The van der Waals surface area contributed by atoms with Gasteiger partial charge in [0, 0.05) is 32.2 Å². The van der Waals surface area contributed by atoms with Crippen LogP contribution in [0.4, 0.5) is 5.69 Å².